The molecule has 1 aliphatic carbocycles. The van der Waals surface area contributed by atoms with E-state index in [1.807, 2.05) is 0 Å². The Morgan fingerprint density at radius 2 is 1.69 bits per heavy atom. The standard InChI is InChI=1S/C14H28N2/c1-16(2)12-5-13-3-6-14(7-4-13)8-10-15-11-9-14/h13,15H,3-12H2,1-2H3. The first kappa shape index (κ1) is 12.4. The van der Waals surface area contributed by atoms with Gasteiger partial charge >= 0.3 is 0 Å². The van der Waals surface area contributed by atoms with Gasteiger partial charge in [-0.1, -0.05) is 0 Å². The minimum absolute atomic E-state index is 0.750. The summed E-state index contributed by atoms with van der Waals surface area (Å²) in [5, 5.41) is 3.50. The van der Waals surface area contributed by atoms with Crippen LogP contribution in [-0.4, -0.2) is 38.6 Å². The van der Waals surface area contributed by atoms with Crippen LogP contribution in [0.4, 0.5) is 0 Å². The molecule has 0 bridgehead atoms. The summed E-state index contributed by atoms with van der Waals surface area (Å²) in [5.74, 6) is 1.02. The molecule has 2 rings (SSSR count). The molecule has 2 fully saturated rings. The molecule has 1 aliphatic heterocycles. The zero-order valence-corrected chi connectivity index (χ0v) is 11.1. The lowest BCUT2D eigenvalue weighted by atomic mass is 9.65. The summed E-state index contributed by atoms with van der Waals surface area (Å²) in [6.07, 6.45) is 10.3. The Bertz CT molecular complexity index is 197. The molecule has 1 heterocycles. The van der Waals surface area contributed by atoms with Gasteiger partial charge in [-0.15, -0.1) is 0 Å². The van der Waals surface area contributed by atoms with Gasteiger partial charge in [-0.25, -0.2) is 0 Å². The molecular formula is C14H28N2. The summed E-state index contributed by atoms with van der Waals surface area (Å²) in [6, 6.07) is 0. The van der Waals surface area contributed by atoms with Gasteiger partial charge in [0.25, 0.3) is 0 Å². The molecule has 2 heteroatoms. The first-order valence-electron chi connectivity index (χ1n) is 7.06. The maximum absolute atomic E-state index is 3.50. The zero-order chi connectivity index (χ0) is 11.4. The molecule has 2 aliphatic rings. The highest BCUT2D eigenvalue weighted by molar-refractivity contribution is 4.89. The monoisotopic (exact) mass is 224 g/mol. The van der Waals surface area contributed by atoms with Crippen LogP contribution in [0.1, 0.15) is 44.9 Å². The molecular weight excluding hydrogens is 196 g/mol. The van der Waals surface area contributed by atoms with E-state index in [4.69, 9.17) is 0 Å². The lowest BCUT2D eigenvalue weighted by Crippen LogP contribution is -2.39. The second kappa shape index (κ2) is 5.50. The second-order valence-electron chi connectivity index (χ2n) is 6.29. The van der Waals surface area contributed by atoms with Gasteiger partial charge in [-0.05, 0) is 90.0 Å². The molecule has 1 saturated heterocycles. The summed E-state index contributed by atoms with van der Waals surface area (Å²) >= 11 is 0. The molecule has 0 aromatic carbocycles. The lowest BCUT2D eigenvalue weighted by Gasteiger charge is -2.43. The van der Waals surface area contributed by atoms with Crippen molar-refractivity contribution in [3.8, 4) is 0 Å². The van der Waals surface area contributed by atoms with Crippen molar-refractivity contribution >= 4 is 0 Å². The van der Waals surface area contributed by atoms with Crippen LogP contribution in [0.5, 0.6) is 0 Å². The predicted molar refractivity (Wildman–Crippen MR) is 69.7 cm³/mol. The lowest BCUT2D eigenvalue weighted by molar-refractivity contribution is 0.0996. The van der Waals surface area contributed by atoms with Crippen LogP contribution in [0.3, 0.4) is 0 Å². The Morgan fingerprint density at radius 3 is 2.25 bits per heavy atom. The molecule has 0 aromatic heterocycles. The largest absolute Gasteiger partial charge is 0.317 e. The van der Waals surface area contributed by atoms with E-state index in [1.165, 1.54) is 64.6 Å². The smallest absolute Gasteiger partial charge is 0.00222 e. The molecule has 1 N–H and O–H groups in total. The van der Waals surface area contributed by atoms with Gasteiger partial charge in [-0.2, -0.15) is 0 Å². The van der Waals surface area contributed by atoms with E-state index < -0.39 is 0 Å². The van der Waals surface area contributed by atoms with Crippen molar-refractivity contribution in [3.63, 3.8) is 0 Å². The van der Waals surface area contributed by atoms with Gasteiger partial charge in [0.1, 0.15) is 0 Å². The number of piperidine rings is 1. The van der Waals surface area contributed by atoms with Crippen molar-refractivity contribution in [1.29, 1.82) is 0 Å². The zero-order valence-electron chi connectivity index (χ0n) is 11.1. The van der Waals surface area contributed by atoms with Crippen LogP contribution < -0.4 is 5.32 Å². The summed E-state index contributed by atoms with van der Waals surface area (Å²) in [4.78, 5) is 2.33. The normalized spacial score (nSPS) is 26.4. The van der Waals surface area contributed by atoms with Gasteiger partial charge < -0.3 is 10.2 Å². The number of nitrogens with one attached hydrogen (secondary N) is 1. The van der Waals surface area contributed by atoms with Crippen molar-refractivity contribution in [2.75, 3.05) is 33.7 Å². The third-order valence-corrected chi connectivity index (χ3v) is 4.81. The number of nitrogens with zero attached hydrogens (tertiary/aromatic N) is 1. The van der Waals surface area contributed by atoms with Crippen molar-refractivity contribution in [2.45, 2.75) is 44.9 Å². The number of hydrogen-bond donors (Lipinski definition) is 1. The van der Waals surface area contributed by atoms with E-state index in [0.717, 1.165) is 11.3 Å². The third kappa shape index (κ3) is 3.21. The molecule has 94 valence electrons. The molecule has 2 nitrogen and oxygen atoms in total. The third-order valence-electron chi connectivity index (χ3n) is 4.81. The van der Waals surface area contributed by atoms with Crippen LogP contribution in [0.2, 0.25) is 0 Å². The van der Waals surface area contributed by atoms with Gasteiger partial charge in [0.05, 0.1) is 0 Å². The van der Waals surface area contributed by atoms with E-state index in [-0.39, 0.29) is 0 Å². The maximum Gasteiger partial charge on any atom is -0.00222 e. The average Bonchev–Trinajstić information content (AvgIpc) is 2.29. The van der Waals surface area contributed by atoms with E-state index in [0.29, 0.717) is 0 Å². The predicted octanol–water partition coefficient (Wildman–Crippen LogP) is 2.50. The Labute approximate surface area is 101 Å². The van der Waals surface area contributed by atoms with E-state index >= 15 is 0 Å². The highest BCUT2D eigenvalue weighted by Crippen LogP contribution is 2.45. The Morgan fingerprint density at radius 1 is 1.06 bits per heavy atom. The van der Waals surface area contributed by atoms with Crippen LogP contribution in [0.15, 0.2) is 0 Å². The highest BCUT2D eigenvalue weighted by atomic mass is 15.0. The first-order chi connectivity index (χ1) is 7.70. The molecule has 0 amide bonds. The molecule has 1 spiro atoms. The Kier molecular flexibility index (Phi) is 4.26. The Hall–Kier alpha value is -0.0800. The molecule has 0 atom stereocenters. The van der Waals surface area contributed by atoms with Gasteiger partial charge in [-0.3, -0.25) is 0 Å². The van der Waals surface area contributed by atoms with Crippen molar-refractivity contribution in [1.82, 2.24) is 10.2 Å². The van der Waals surface area contributed by atoms with E-state index in [1.54, 1.807) is 0 Å². The number of rotatable bonds is 3. The minimum Gasteiger partial charge on any atom is -0.317 e. The summed E-state index contributed by atoms with van der Waals surface area (Å²) in [5.41, 5.74) is 0.750. The van der Waals surface area contributed by atoms with Gasteiger partial charge in [0, 0.05) is 0 Å². The fraction of sp³-hybridized carbons (Fsp3) is 1.00. The van der Waals surface area contributed by atoms with E-state index in [9.17, 15) is 0 Å². The van der Waals surface area contributed by atoms with Crippen LogP contribution in [0.25, 0.3) is 0 Å². The maximum atomic E-state index is 3.50. The first-order valence-corrected chi connectivity index (χ1v) is 7.06. The van der Waals surface area contributed by atoms with Crippen LogP contribution >= 0.6 is 0 Å². The van der Waals surface area contributed by atoms with Crippen molar-refractivity contribution in [2.24, 2.45) is 11.3 Å². The fourth-order valence-electron chi connectivity index (χ4n) is 3.48. The van der Waals surface area contributed by atoms with Gasteiger partial charge in [0.15, 0.2) is 0 Å². The van der Waals surface area contributed by atoms with Crippen molar-refractivity contribution in [3.05, 3.63) is 0 Å². The topological polar surface area (TPSA) is 15.3 Å². The minimum atomic E-state index is 0.750. The van der Waals surface area contributed by atoms with Crippen molar-refractivity contribution < 1.29 is 0 Å². The number of hydrogen-bond acceptors (Lipinski definition) is 2. The van der Waals surface area contributed by atoms with Crippen LogP contribution in [0, 0.1) is 11.3 Å². The molecule has 0 radical (unpaired) electrons. The summed E-state index contributed by atoms with van der Waals surface area (Å²) < 4.78 is 0. The Balaban J connectivity index is 1.73. The molecule has 0 unspecified atom stereocenters. The SMILES string of the molecule is CN(C)CCC1CCC2(CCNCC2)CC1. The highest BCUT2D eigenvalue weighted by Gasteiger charge is 2.35. The molecule has 0 aromatic rings. The summed E-state index contributed by atoms with van der Waals surface area (Å²) in [6.45, 7) is 3.81. The van der Waals surface area contributed by atoms with E-state index in [2.05, 4.69) is 24.3 Å². The fourth-order valence-corrected chi connectivity index (χ4v) is 3.48. The van der Waals surface area contributed by atoms with Gasteiger partial charge in [0.2, 0.25) is 0 Å². The molecule has 16 heavy (non-hydrogen) atoms. The average molecular weight is 224 g/mol. The quantitative estimate of drug-likeness (QED) is 0.792. The second-order valence-corrected chi connectivity index (χ2v) is 6.29. The van der Waals surface area contributed by atoms with Crippen LogP contribution in [-0.2, 0) is 0 Å². The molecule has 1 saturated carbocycles. The summed E-state index contributed by atoms with van der Waals surface area (Å²) in [7, 11) is 4.38.